The van der Waals surface area contributed by atoms with Crippen molar-refractivity contribution in [1.82, 2.24) is 25.1 Å². The van der Waals surface area contributed by atoms with Gasteiger partial charge in [-0.15, -0.1) is 16.4 Å². The summed E-state index contributed by atoms with van der Waals surface area (Å²) in [6.45, 7) is 3.63. The van der Waals surface area contributed by atoms with Crippen LogP contribution in [0.3, 0.4) is 0 Å². The second-order valence-electron chi connectivity index (χ2n) is 7.84. The number of anilines is 1. The SMILES string of the molecule is Fc1ccc(N2CCN([C@@H](c3cccs3)c3nnnn3C3CCCC3)CC2)cc1. The van der Waals surface area contributed by atoms with E-state index in [1.165, 1.54) is 29.9 Å². The maximum Gasteiger partial charge on any atom is 0.174 e. The lowest BCUT2D eigenvalue weighted by atomic mass is 10.1. The highest BCUT2D eigenvalue weighted by Crippen LogP contribution is 2.36. The lowest BCUT2D eigenvalue weighted by Gasteiger charge is -2.39. The van der Waals surface area contributed by atoms with Gasteiger partial charge in [0.05, 0.1) is 6.04 Å². The van der Waals surface area contributed by atoms with E-state index in [1.807, 2.05) is 12.1 Å². The molecule has 1 aliphatic heterocycles. The maximum atomic E-state index is 13.3. The Labute approximate surface area is 173 Å². The summed E-state index contributed by atoms with van der Waals surface area (Å²) in [4.78, 5) is 6.10. The minimum atomic E-state index is -0.191. The Morgan fingerprint density at radius 3 is 2.45 bits per heavy atom. The van der Waals surface area contributed by atoms with Crippen LogP contribution >= 0.6 is 11.3 Å². The van der Waals surface area contributed by atoms with Gasteiger partial charge in [-0.05, 0) is 59.0 Å². The van der Waals surface area contributed by atoms with Crippen molar-refractivity contribution in [3.05, 3.63) is 58.3 Å². The molecule has 1 aromatic carbocycles. The highest BCUT2D eigenvalue weighted by Gasteiger charge is 2.33. The number of benzene rings is 1. The molecule has 3 aromatic rings. The van der Waals surface area contributed by atoms with E-state index in [-0.39, 0.29) is 11.9 Å². The molecule has 8 heteroatoms. The Hall–Kier alpha value is -2.32. The molecule has 1 aliphatic carbocycles. The van der Waals surface area contributed by atoms with Crippen LogP contribution in [-0.2, 0) is 0 Å². The molecule has 0 bridgehead atoms. The molecule has 2 fully saturated rings. The molecule has 1 saturated carbocycles. The van der Waals surface area contributed by atoms with Gasteiger partial charge in [0.15, 0.2) is 5.82 Å². The average molecular weight is 413 g/mol. The smallest absolute Gasteiger partial charge is 0.174 e. The van der Waals surface area contributed by atoms with Gasteiger partial charge in [-0.2, -0.15) is 0 Å². The van der Waals surface area contributed by atoms with Gasteiger partial charge in [-0.1, -0.05) is 18.9 Å². The molecule has 0 amide bonds. The zero-order valence-corrected chi connectivity index (χ0v) is 17.1. The summed E-state index contributed by atoms with van der Waals surface area (Å²) in [6.07, 6.45) is 4.83. The monoisotopic (exact) mass is 412 g/mol. The minimum absolute atomic E-state index is 0.0842. The first-order valence-electron chi connectivity index (χ1n) is 10.4. The van der Waals surface area contributed by atoms with Crippen molar-refractivity contribution in [3.63, 3.8) is 0 Å². The van der Waals surface area contributed by atoms with Crippen LogP contribution < -0.4 is 4.90 Å². The van der Waals surface area contributed by atoms with Crippen LogP contribution in [0.4, 0.5) is 10.1 Å². The fourth-order valence-electron chi connectivity index (χ4n) is 4.60. The van der Waals surface area contributed by atoms with Crippen LogP contribution in [0.5, 0.6) is 0 Å². The molecule has 2 aromatic heterocycles. The number of halogens is 1. The van der Waals surface area contributed by atoms with Crippen LogP contribution in [0.2, 0.25) is 0 Å². The van der Waals surface area contributed by atoms with Gasteiger partial charge in [0.2, 0.25) is 0 Å². The molecular weight excluding hydrogens is 387 g/mol. The Morgan fingerprint density at radius 2 is 1.76 bits per heavy atom. The van der Waals surface area contributed by atoms with Crippen molar-refractivity contribution in [2.45, 2.75) is 37.8 Å². The summed E-state index contributed by atoms with van der Waals surface area (Å²) in [5.74, 6) is 0.776. The fraction of sp³-hybridized carbons (Fsp3) is 0.476. The summed E-state index contributed by atoms with van der Waals surface area (Å²) >= 11 is 1.77. The topological polar surface area (TPSA) is 50.1 Å². The minimum Gasteiger partial charge on any atom is -0.369 e. The normalized spacial score (nSPS) is 19.7. The van der Waals surface area contributed by atoms with E-state index in [0.717, 1.165) is 50.5 Å². The van der Waals surface area contributed by atoms with E-state index in [9.17, 15) is 4.39 Å². The highest BCUT2D eigenvalue weighted by atomic mass is 32.1. The van der Waals surface area contributed by atoms with Gasteiger partial charge in [-0.3, -0.25) is 4.90 Å². The summed E-state index contributed by atoms with van der Waals surface area (Å²) in [5.41, 5.74) is 1.08. The number of nitrogens with zero attached hydrogens (tertiary/aromatic N) is 6. The molecule has 29 heavy (non-hydrogen) atoms. The third-order valence-electron chi connectivity index (χ3n) is 6.12. The number of piperazine rings is 1. The predicted molar refractivity (Wildman–Crippen MR) is 112 cm³/mol. The highest BCUT2D eigenvalue weighted by molar-refractivity contribution is 7.10. The number of hydrogen-bond donors (Lipinski definition) is 0. The zero-order valence-electron chi connectivity index (χ0n) is 16.3. The van der Waals surface area contributed by atoms with Gasteiger partial charge in [-0.25, -0.2) is 9.07 Å². The molecular formula is C21H25FN6S. The van der Waals surface area contributed by atoms with E-state index in [4.69, 9.17) is 0 Å². The third kappa shape index (κ3) is 3.79. The molecule has 1 atom stereocenters. The van der Waals surface area contributed by atoms with Crippen molar-refractivity contribution >= 4 is 17.0 Å². The molecule has 0 N–H and O–H groups in total. The van der Waals surface area contributed by atoms with E-state index >= 15 is 0 Å². The molecule has 2 aliphatic rings. The second kappa shape index (κ2) is 8.20. The van der Waals surface area contributed by atoms with Gasteiger partial charge < -0.3 is 4.90 Å². The van der Waals surface area contributed by atoms with Crippen molar-refractivity contribution < 1.29 is 4.39 Å². The zero-order chi connectivity index (χ0) is 19.6. The molecule has 152 valence electrons. The Kier molecular flexibility index (Phi) is 5.28. The third-order valence-corrected chi connectivity index (χ3v) is 7.04. The largest absolute Gasteiger partial charge is 0.369 e. The Morgan fingerprint density at radius 1 is 1.00 bits per heavy atom. The van der Waals surface area contributed by atoms with Crippen LogP contribution in [0, 0.1) is 5.82 Å². The summed E-state index contributed by atoms with van der Waals surface area (Å²) < 4.78 is 15.3. The molecule has 3 heterocycles. The van der Waals surface area contributed by atoms with Gasteiger partial charge in [0.25, 0.3) is 0 Å². The standard InChI is InChI=1S/C21H25FN6S/c22-16-7-9-17(10-8-16)26-11-13-27(14-12-26)20(19-6-3-15-29-19)21-23-24-25-28(21)18-4-1-2-5-18/h3,6-10,15,18,20H,1-2,4-5,11-14H2/t20-/m0/s1. The van der Waals surface area contributed by atoms with Gasteiger partial charge in [0, 0.05) is 36.7 Å². The Bertz CT molecular complexity index is 911. The second-order valence-corrected chi connectivity index (χ2v) is 8.82. The number of tetrazole rings is 1. The van der Waals surface area contributed by atoms with Crippen LogP contribution in [0.1, 0.15) is 48.5 Å². The van der Waals surface area contributed by atoms with Crippen LogP contribution in [0.15, 0.2) is 41.8 Å². The van der Waals surface area contributed by atoms with Crippen molar-refractivity contribution in [1.29, 1.82) is 0 Å². The lowest BCUT2D eigenvalue weighted by molar-refractivity contribution is 0.200. The van der Waals surface area contributed by atoms with Gasteiger partial charge in [0.1, 0.15) is 11.9 Å². The summed E-state index contributed by atoms with van der Waals surface area (Å²) in [5, 5.41) is 15.1. The number of rotatable bonds is 5. The number of aromatic nitrogens is 4. The van der Waals surface area contributed by atoms with Crippen LogP contribution in [0.25, 0.3) is 0 Å². The van der Waals surface area contributed by atoms with E-state index < -0.39 is 0 Å². The average Bonchev–Trinajstić information content (AvgIpc) is 3.52. The molecule has 1 saturated heterocycles. The number of thiophene rings is 1. The molecule has 0 radical (unpaired) electrons. The van der Waals surface area contributed by atoms with Crippen molar-refractivity contribution in [2.75, 3.05) is 31.1 Å². The lowest BCUT2D eigenvalue weighted by Crippen LogP contribution is -2.48. The number of hydrogen-bond acceptors (Lipinski definition) is 6. The van der Waals surface area contributed by atoms with Crippen molar-refractivity contribution in [2.24, 2.45) is 0 Å². The summed E-state index contributed by atoms with van der Waals surface area (Å²) in [6, 6.07) is 11.6. The maximum absolute atomic E-state index is 13.3. The first kappa shape index (κ1) is 18.7. The van der Waals surface area contributed by atoms with Gasteiger partial charge >= 0.3 is 0 Å². The summed E-state index contributed by atoms with van der Waals surface area (Å²) in [7, 11) is 0. The molecule has 0 spiro atoms. The van der Waals surface area contributed by atoms with E-state index in [0.29, 0.717) is 6.04 Å². The van der Waals surface area contributed by atoms with Crippen LogP contribution in [-0.4, -0.2) is 51.3 Å². The quantitative estimate of drug-likeness (QED) is 0.636. The Balaban J connectivity index is 1.38. The molecule has 6 nitrogen and oxygen atoms in total. The molecule has 5 rings (SSSR count). The predicted octanol–water partition coefficient (Wildman–Crippen LogP) is 3.90. The first-order valence-corrected chi connectivity index (χ1v) is 11.2. The van der Waals surface area contributed by atoms with Crippen molar-refractivity contribution in [3.8, 4) is 0 Å². The first-order chi connectivity index (χ1) is 14.3. The molecule has 0 unspecified atom stereocenters. The van der Waals surface area contributed by atoms with E-state index in [2.05, 4.69) is 47.5 Å². The van der Waals surface area contributed by atoms with E-state index in [1.54, 1.807) is 11.3 Å². The fourth-order valence-corrected chi connectivity index (χ4v) is 5.45.